The predicted molar refractivity (Wildman–Crippen MR) is 158 cm³/mol. The minimum absolute atomic E-state index is 0. The van der Waals surface area contributed by atoms with Gasteiger partial charge in [0, 0.05) is 22.4 Å². The smallest absolute Gasteiger partial charge is 0.152 e. The van der Waals surface area contributed by atoms with E-state index in [1.54, 1.807) is 0 Å². The number of nitrogens with two attached hydrogens (primary N) is 1. The molecule has 194 valence electrons. The van der Waals surface area contributed by atoms with Crippen LogP contribution in [0.1, 0.15) is 54.2 Å². The van der Waals surface area contributed by atoms with E-state index in [-0.39, 0.29) is 36.8 Å². The molecule has 4 aromatic rings. The topological polar surface area (TPSA) is 73.1 Å². The quantitative estimate of drug-likeness (QED) is 0.183. The van der Waals surface area contributed by atoms with Crippen molar-refractivity contribution in [3.8, 4) is 5.75 Å². The lowest BCUT2D eigenvalue weighted by Crippen LogP contribution is -2.41. The number of nitrogens with one attached hydrogen (secondary N) is 1. The van der Waals surface area contributed by atoms with Gasteiger partial charge in [0.1, 0.15) is 12.4 Å². The average molecular weight is 558 g/mol. The fraction of sp³-hybridized carbons (Fsp3) is 0.241. The second kappa shape index (κ2) is 13.8. The lowest BCUT2D eigenvalue weighted by atomic mass is 9.81. The summed E-state index contributed by atoms with van der Waals surface area (Å²) in [5.41, 5.74) is 7.14. The lowest BCUT2D eigenvalue weighted by molar-refractivity contribution is 0.306. The summed E-state index contributed by atoms with van der Waals surface area (Å²) in [6.07, 6.45) is 8.37. The van der Waals surface area contributed by atoms with E-state index < -0.39 is 0 Å². The molecule has 0 bridgehead atoms. The Morgan fingerprint density at radius 2 is 1.68 bits per heavy atom. The predicted octanol–water partition coefficient (Wildman–Crippen LogP) is 7.37. The summed E-state index contributed by atoms with van der Waals surface area (Å²) in [4.78, 5) is 9.88. The molecule has 1 heterocycles. The average Bonchev–Trinajstić information content (AvgIpc) is 2.91. The molecule has 2 unspecified atom stereocenters. The Kier molecular flexibility index (Phi) is 10.7. The van der Waals surface area contributed by atoms with Crippen LogP contribution < -0.4 is 16.0 Å². The number of hydrazine groups is 1. The Hall–Kier alpha value is -2.67. The first kappa shape index (κ1) is 28.9. The number of nitrogens with zero attached hydrogens (tertiary/aromatic N) is 2. The van der Waals surface area contributed by atoms with Gasteiger partial charge in [-0.05, 0) is 60.4 Å². The molecule has 0 spiro atoms. The zero-order valence-electron chi connectivity index (χ0n) is 20.3. The Morgan fingerprint density at radius 1 is 0.919 bits per heavy atom. The first-order valence-electron chi connectivity index (χ1n) is 12.1. The van der Waals surface area contributed by atoms with E-state index in [1.165, 1.54) is 6.42 Å². The van der Waals surface area contributed by atoms with Gasteiger partial charge in [-0.1, -0.05) is 73.0 Å². The van der Waals surface area contributed by atoms with Gasteiger partial charge in [-0.3, -0.25) is 11.3 Å². The maximum absolute atomic E-state index is 6.12. The van der Waals surface area contributed by atoms with Gasteiger partial charge in [-0.15, -0.1) is 24.8 Å². The van der Waals surface area contributed by atoms with E-state index >= 15 is 0 Å². The van der Waals surface area contributed by atoms with Crippen LogP contribution in [-0.4, -0.2) is 16.0 Å². The number of aromatic nitrogens is 2. The molecular formula is C29H31Cl3N4O. The fourth-order valence-electron chi connectivity index (χ4n) is 4.74. The van der Waals surface area contributed by atoms with Crippen LogP contribution in [0.3, 0.4) is 0 Å². The Bertz CT molecular complexity index is 1320. The zero-order valence-corrected chi connectivity index (χ0v) is 22.7. The van der Waals surface area contributed by atoms with Crippen molar-refractivity contribution < 1.29 is 4.74 Å². The van der Waals surface area contributed by atoms with Crippen LogP contribution in [0.2, 0.25) is 5.02 Å². The number of ether oxygens (including phenoxy) is 1. The number of halogens is 3. The van der Waals surface area contributed by atoms with Crippen LogP contribution >= 0.6 is 36.4 Å². The van der Waals surface area contributed by atoms with Gasteiger partial charge in [0.25, 0.3) is 0 Å². The molecule has 0 radical (unpaired) electrons. The maximum Gasteiger partial charge on any atom is 0.152 e. The van der Waals surface area contributed by atoms with Gasteiger partial charge < -0.3 is 4.74 Å². The van der Waals surface area contributed by atoms with E-state index in [0.717, 1.165) is 52.7 Å². The van der Waals surface area contributed by atoms with Crippen molar-refractivity contribution in [2.24, 2.45) is 5.84 Å². The SMILES string of the molecule is Cl.Cl.NNC1CCCCC1c1nc(/C=C\c2ccc(Cl)cc2)nc2ccc(OCc3ccccc3)cc12. The highest BCUT2D eigenvalue weighted by Gasteiger charge is 2.29. The third-order valence-electron chi connectivity index (χ3n) is 6.59. The number of hydrogen-bond acceptors (Lipinski definition) is 5. The zero-order chi connectivity index (χ0) is 24.0. The summed E-state index contributed by atoms with van der Waals surface area (Å²) < 4.78 is 6.12. The van der Waals surface area contributed by atoms with Gasteiger partial charge in [-0.25, -0.2) is 9.97 Å². The summed E-state index contributed by atoms with van der Waals surface area (Å²) in [6, 6.07) is 24.2. The highest BCUT2D eigenvalue weighted by atomic mass is 35.5. The Morgan fingerprint density at radius 3 is 2.43 bits per heavy atom. The largest absolute Gasteiger partial charge is 0.489 e. The van der Waals surface area contributed by atoms with Crippen LogP contribution in [0.25, 0.3) is 23.1 Å². The van der Waals surface area contributed by atoms with Crippen LogP contribution in [0.15, 0.2) is 72.8 Å². The van der Waals surface area contributed by atoms with Crippen LogP contribution in [0.4, 0.5) is 0 Å². The molecule has 3 N–H and O–H groups in total. The molecule has 0 amide bonds. The summed E-state index contributed by atoms with van der Waals surface area (Å²) in [5.74, 6) is 7.66. The minimum Gasteiger partial charge on any atom is -0.489 e. The molecular weight excluding hydrogens is 527 g/mol. The number of benzene rings is 3. The molecule has 2 atom stereocenters. The summed E-state index contributed by atoms with van der Waals surface area (Å²) in [5, 5.41) is 1.74. The van der Waals surface area contributed by atoms with E-state index in [9.17, 15) is 0 Å². The van der Waals surface area contributed by atoms with Crippen molar-refractivity contribution in [2.45, 2.75) is 44.2 Å². The monoisotopic (exact) mass is 556 g/mol. The summed E-state index contributed by atoms with van der Waals surface area (Å²) in [6.45, 7) is 0.515. The minimum atomic E-state index is 0. The molecule has 3 aromatic carbocycles. The van der Waals surface area contributed by atoms with Crippen molar-refractivity contribution in [3.05, 3.63) is 100 Å². The Labute approximate surface area is 235 Å². The molecule has 1 saturated carbocycles. The van der Waals surface area contributed by atoms with Gasteiger partial charge in [0.2, 0.25) is 0 Å². The number of rotatable bonds is 7. The third kappa shape index (κ3) is 7.22. The molecule has 1 aliphatic rings. The van der Waals surface area contributed by atoms with Gasteiger partial charge >= 0.3 is 0 Å². The highest BCUT2D eigenvalue weighted by Crippen LogP contribution is 2.36. The van der Waals surface area contributed by atoms with Crippen molar-refractivity contribution >= 4 is 59.5 Å². The van der Waals surface area contributed by atoms with E-state index in [4.69, 9.17) is 32.1 Å². The summed E-state index contributed by atoms with van der Waals surface area (Å²) >= 11 is 6.02. The standard InChI is InChI=1S/C29H29ClN4O.2ClH/c30-22-13-10-20(11-14-22)12-17-28-32-26-16-15-23(35-19-21-6-2-1-3-7-21)18-25(26)29(33-28)24-8-4-5-9-27(24)34-31;;/h1-3,6-7,10-18,24,27,34H,4-5,8-9,19,31H2;2*1H/b17-12-;;. The fourth-order valence-corrected chi connectivity index (χ4v) is 4.87. The molecule has 5 rings (SSSR count). The molecule has 0 aliphatic heterocycles. The molecule has 1 aliphatic carbocycles. The van der Waals surface area contributed by atoms with Gasteiger partial charge in [0.05, 0.1) is 11.2 Å². The first-order valence-corrected chi connectivity index (χ1v) is 12.5. The Balaban J connectivity index is 0.00000190. The third-order valence-corrected chi connectivity index (χ3v) is 6.84. The number of fused-ring (bicyclic) bond motifs is 1. The van der Waals surface area contributed by atoms with Crippen molar-refractivity contribution in [2.75, 3.05) is 0 Å². The molecule has 0 saturated heterocycles. The second-order valence-electron chi connectivity index (χ2n) is 8.97. The van der Waals surface area contributed by atoms with Gasteiger partial charge in [0.15, 0.2) is 5.82 Å². The van der Waals surface area contributed by atoms with Crippen molar-refractivity contribution in [1.82, 2.24) is 15.4 Å². The normalized spacial score (nSPS) is 17.2. The first-order chi connectivity index (χ1) is 17.2. The molecule has 37 heavy (non-hydrogen) atoms. The van der Waals surface area contributed by atoms with Crippen LogP contribution in [0.5, 0.6) is 5.75 Å². The van der Waals surface area contributed by atoms with E-state index in [2.05, 4.69) is 23.6 Å². The number of hydrogen-bond donors (Lipinski definition) is 2. The maximum atomic E-state index is 6.12. The molecule has 8 heteroatoms. The summed E-state index contributed by atoms with van der Waals surface area (Å²) in [7, 11) is 0. The molecule has 1 fully saturated rings. The van der Waals surface area contributed by atoms with E-state index in [0.29, 0.717) is 17.5 Å². The molecule has 1 aromatic heterocycles. The van der Waals surface area contributed by atoms with E-state index in [1.807, 2.05) is 66.7 Å². The van der Waals surface area contributed by atoms with Gasteiger partial charge in [-0.2, -0.15) is 0 Å². The second-order valence-corrected chi connectivity index (χ2v) is 9.41. The van der Waals surface area contributed by atoms with Crippen LogP contribution in [0, 0.1) is 0 Å². The lowest BCUT2D eigenvalue weighted by Gasteiger charge is -2.31. The van der Waals surface area contributed by atoms with Crippen molar-refractivity contribution in [3.63, 3.8) is 0 Å². The molecule has 5 nitrogen and oxygen atoms in total. The van der Waals surface area contributed by atoms with Crippen LogP contribution in [-0.2, 0) is 6.61 Å². The highest BCUT2D eigenvalue weighted by molar-refractivity contribution is 6.30. The van der Waals surface area contributed by atoms with Crippen molar-refractivity contribution in [1.29, 1.82) is 0 Å².